The van der Waals surface area contributed by atoms with Crippen LogP contribution in [0.4, 0.5) is 11.4 Å². The number of aliphatic hydroxyl groups is 1. The van der Waals surface area contributed by atoms with Crippen LogP contribution in [0.3, 0.4) is 0 Å². The molecule has 2 aromatic carbocycles. The molecule has 1 unspecified atom stereocenters. The first kappa shape index (κ1) is 16.3. The van der Waals surface area contributed by atoms with Gasteiger partial charge < -0.3 is 15.3 Å². The number of hydrogen-bond acceptors (Lipinski definition) is 3. The summed E-state index contributed by atoms with van der Waals surface area (Å²) in [5.41, 5.74) is 2.32. The lowest BCUT2D eigenvalue weighted by atomic mass is 10.2. The van der Waals surface area contributed by atoms with Crippen LogP contribution in [0.2, 0.25) is 0 Å². The van der Waals surface area contributed by atoms with Crippen LogP contribution in [0.5, 0.6) is 0 Å². The molecule has 0 aliphatic rings. The Morgan fingerprint density at radius 1 is 1.18 bits per heavy atom. The lowest BCUT2D eigenvalue weighted by Crippen LogP contribution is -2.26. The summed E-state index contributed by atoms with van der Waals surface area (Å²) in [6.07, 6.45) is -0.580. The van der Waals surface area contributed by atoms with Crippen LogP contribution in [-0.4, -0.2) is 36.6 Å². The SMILES string of the molecule is CN(C(=O)c1ccccc1)c1ccc(NCC(O)CCl)cc1. The number of nitrogens with one attached hydrogen (secondary N) is 1. The average molecular weight is 319 g/mol. The second-order valence-corrected chi connectivity index (χ2v) is 5.27. The molecule has 0 aromatic heterocycles. The summed E-state index contributed by atoms with van der Waals surface area (Å²) >= 11 is 5.54. The number of carbonyl (C=O) groups is 1. The zero-order valence-corrected chi connectivity index (χ0v) is 13.1. The number of aliphatic hydroxyl groups excluding tert-OH is 1. The van der Waals surface area contributed by atoms with E-state index in [4.69, 9.17) is 11.6 Å². The van der Waals surface area contributed by atoms with Crippen molar-refractivity contribution in [1.82, 2.24) is 0 Å². The van der Waals surface area contributed by atoms with Gasteiger partial charge in [-0.1, -0.05) is 18.2 Å². The largest absolute Gasteiger partial charge is 0.390 e. The third-order valence-corrected chi connectivity index (χ3v) is 3.66. The fourth-order valence-corrected chi connectivity index (χ4v) is 2.09. The van der Waals surface area contributed by atoms with Crippen molar-refractivity contribution >= 4 is 28.9 Å². The van der Waals surface area contributed by atoms with Gasteiger partial charge in [0.05, 0.1) is 12.0 Å². The smallest absolute Gasteiger partial charge is 0.258 e. The molecule has 2 N–H and O–H groups in total. The van der Waals surface area contributed by atoms with Crippen molar-refractivity contribution in [1.29, 1.82) is 0 Å². The van der Waals surface area contributed by atoms with Gasteiger partial charge in [0.2, 0.25) is 0 Å². The van der Waals surface area contributed by atoms with Gasteiger partial charge in [0.15, 0.2) is 0 Å². The van der Waals surface area contributed by atoms with Crippen molar-refractivity contribution in [3.8, 4) is 0 Å². The van der Waals surface area contributed by atoms with Gasteiger partial charge in [-0.2, -0.15) is 0 Å². The zero-order valence-electron chi connectivity index (χ0n) is 12.4. The first-order valence-corrected chi connectivity index (χ1v) is 7.56. The highest BCUT2D eigenvalue weighted by Gasteiger charge is 2.12. The van der Waals surface area contributed by atoms with Gasteiger partial charge in [-0.15, -0.1) is 11.6 Å². The molecule has 0 saturated heterocycles. The fraction of sp³-hybridized carbons (Fsp3) is 0.235. The Labute approximate surface area is 135 Å². The van der Waals surface area contributed by atoms with Gasteiger partial charge in [0.1, 0.15) is 0 Å². The predicted octanol–water partition coefficient (Wildman–Crippen LogP) is 2.97. The minimum atomic E-state index is -0.580. The normalized spacial score (nSPS) is 11.8. The highest BCUT2D eigenvalue weighted by Crippen LogP contribution is 2.18. The summed E-state index contributed by atoms with van der Waals surface area (Å²) in [6, 6.07) is 16.6. The summed E-state index contributed by atoms with van der Waals surface area (Å²) in [4.78, 5) is 14.0. The third-order valence-electron chi connectivity index (χ3n) is 3.30. The van der Waals surface area contributed by atoms with Crippen LogP contribution in [0.15, 0.2) is 54.6 Å². The molecule has 1 amide bonds. The fourth-order valence-electron chi connectivity index (χ4n) is 1.98. The Kier molecular flexibility index (Phi) is 5.81. The minimum Gasteiger partial charge on any atom is -0.390 e. The van der Waals surface area contributed by atoms with Crippen molar-refractivity contribution in [3.63, 3.8) is 0 Å². The average Bonchev–Trinajstić information content (AvgIpc) is 2.59. The molecule has 5 heteroatoms. The van der Waals surface area contributed by atoms with Crippen LogP contribution in [0.25, 0.3) is 0 Å². The van der Waals surface area contributed by atoms with Crippen molar-refractivity contribution in [2.45, 2.75) is 6.10 Å². The molecule has 0 saturated carbocycles. The van der Waals surface area contributed by atoms with E-state index >= 15 is 0 Å². The molecular weight excluding hydrogens is 300 g/mol. The molecule has 1 atom stereocenters. The number of rotatable bonds is 6. The molecule has 0 spiro atoms. The predicted molar refractivity (Wildman–Crippen MR) is 90.8 cm³/mol. The second-order valence-electron chi connectivity index (χ2n) is 4.97. The number of halogens is 1. The standard InChI is InChI=1S/C17H19ClN2O2/c1-20(17(22)13-5-3-2-4-6-13)15-9-7-14(8-10-15)19-12-16(21)11-18/h2-10,16,19,21H,11-12H2,1H3. The summed E-state index contributed by atoms with van der Waals surface area (Å²) < 4.78 is 0. The molecule has 0 bridgehead atoms. The van der Waals surface area contributed by atoms with Crippen LogP contribution >= 0.6 is 11.6 Å². The van der Waals surface area contributed by atoms with Gasteiger partial charge in [0.25, 0.3) is 5.91 Å². The summed E-state index contributed by atoms with van der Waals surface area (Å²) in [5.74, 6) is 0.137. The summed E-state index contributed by atoms with van der Waals surface area (Å²) in [6.45, 7) is 0.391. The molecular formula is C17H19ClN2O2. The van der Waals surface area contributed by atoms with Crippen LogP contribution in [0, 0.1) is 0 Å². The molecule has 4 nitrogen and oxygen atoms in total. The molecule has 0 aliphatic carbocycles. The number of hydrogen-bond donors (Lipinski definition) is 2. The lowest BCUT2D eigenvalue weighted by molar-refractivity contribution is 0.0993. The monoisotopic (exact) mass is 318 g/mol. The van der Waals surface area contributed by atoms with Gasteiger partial charge >= 0.3 is 0 Å². The van der Waals surface area contributed by atoms with Crippen LogP contribution in [-0.2, 0) is 0 Å². The maximum Gasteiger partial charge on any atom is 0.258 e. The maximum absolute atomic E-state index is 12.3. The Morgan fingerprint density at radius 3 is 2.41 bits per heavy atom. The number of anilines is 2. The molecule has 0 fully saturated rings. The van der Waals surface area contributed by atoms with E-state index in [1.54, 1.807) is 24.1 Å². The van der Waals surface area contributed by atoms with E-state index in [1.165, 1.54) is 0 Å². The Hall–Kier alpha value is -2.04. The van der Waals surface area contributed by atoms with Gasteiger partial charge in [-0.3, -0.25) is 4.79 Å². The van der Waals surface area contributed by atoms with Crippen molar-refractivity contribution in [3.05, 3.63) is 60.2 Å². The number of alkyl halides is 1. The molecule has 0 radical (unpaired) electrons. The van der Waals surface area contributed by atoms with E-state index < -0.39 is 6.10 Å². The second kappa shape index (κ2) is 7.82. The van der Waals surface area contributed by atoms with Crippen LogP contribution < -0.4 is 10.2 Å². The minimum absolute atomic E-state index is 0.0566. The van der Waals surface area contributed by atoms with Gasteiger partial charge in [-0.25, -0.2) is 0 Å². The molecule has 116 valence electrons. The first-order valence-electron chi connectivity index (χ1n) is 7.03. The number of carbonyl (C=O) groups excluding carboxylic acids is 1. The van der Waals surface area contributed by atoms with E-state index in [9.17, 15) is 9.90 Å². The summed E-state index contributed by atoms with van der Waals surface area (Å²) in [7, 11) is 1.75. The topological polar surface area (TPSA) is 52.6 Å². The van der Waals surface area contributed by atoms with Crippen molar-refractivity contribution < 1.29 is 9.90 Å². The highest BCUT2D eigenvalue weighted by atomic mass is 35.5. The molecule has 2 aromatic rings. The first-order chi connectivity index (χ1) is 10.6. The Balaban J connectivity index is 2.02. The van der Waals surface area contributed by atoms with E-state index in [0.717, 1.165) is 11.4 Å². The maximum atomic E-state index is 12.3. The van der Waals surface area contributed by atoms with E-state index in [0.29, 0.717) is 12.1 Å². The van der Waals surface area contributed by atoms with Gasteiger partial charge in [0, 0.05) is 30.5 Å². The lowest BCUT2D eigenvalue weighted by Gasteiger charge is -2.18. The number of nitrogens with zero attached hydrogens (tertiary/aromatic N) is 1. The quantitative estimate of drug-likeness (QED) is 0.805. The molecule has 0 aliphatic heterocycles. The van der Waals surface area contributed by atoms with Crippen molar-refractivity contribution in [2.24, 2.45) is 0 Å². The number of benzene rings is 2. The van der Waals surface area contributed by atoms with Crippen LogP contribution in [0.1, 0.15) is 10.4 Å². The van der Waals surface area contributed by atoms with E-state index in [-0.39, 0.29) is 11.8 Å². The molecule has 0 heterocycles. The molecule has 2 rings (SSSR count). The highest BCUT2D eigenvalue weighted by molar-refractivity contribution is 6.18. The van der Waals surface area contributed by atoms with E-state index in [2.05, 4.69) is 5.32 Å². The summed E-state index contributed by atoms with van der Waals surface area (Å²) in [5, 5.41) is 12.5. The van der Waals surface area contributed by atoms with Crippen molar-refractivity contribution in [2.75, 3.05) is 29.7 Å². The Morgan fingerprint density at radius 2 is 1.82 bits per heavy atom. The van der Waals surface area contributed by atoms with E-state index in [1.807, 2.05) is 42.5 Å². The van der Waals surface area contributed by atoms with Gasteiger partial charge in [-0.05, 0) is 36.4 Å². The molecule has 22 heavy (non-hydrogen) atoms. The Bertz CT molecular complexity index is 602. The third kappa shape index (κ3) is 4.23. The number of amides is 1. The zero-order chi connectivity index (χ0) is 15.9.